The SMILES string of the molecule is CC(C)CNCCCC[Si](C)(C)C. The molecule has 0 aliphatic rings. The average Bonchev–Trinajstić information content (AvgIpc) is 1.93. The molecule has 1 N–H and O–H groups in total. The van der Waals surface area contributed by atoms with Gasteiger partial charge in [-0.05, 0) is 25.4 Å². The zero-order valence-electron chi connectivity index (χ0n) is 10.1. The van der Waals surface area contributed by atoms with E-state index in [0.29, 0.717) is 0 Å². The molecule has 0 heterocycles. The maximum absolute atomic E-state index is 3.49. The fourth-order valence-electron chi connectivity index (χ4n) is 1.30. The molecular weight excluding hydrogens is 174 g/mol. The van der Waals surface area contributed by atoms with Gasteiger partial charge in [0.1, 0.15) is 0 Å². The van der Waals surface area contributed by atoms with Crippen molar-refractivity contribution in [3.63, 3.8) is 0 Å². The van der Waals surface area contributed by atoms with Crippen molar-refractivity contribution in [3.05, 3.63) is 0 Å². The quantitative estimate of drug-likeness (QED) is 0.492. The molecule has 0 unspecified atom stereocenters. The van der Waals surface area contributed by atoms with Crippen LogP contribution in [0.15, 0.2) is 0 Å². The second-order valence-electron chi connectivity index (χ2n) is 5.62. The van der Waals surface area contributed by atoms with Gasteiger partial charge in [-0.15, -0.1) is 0 Å². The fraction of sp³-hybridized carbons (Fsp3) is 1.00. The molecule has 1 nitrogen and oxygen atoms in total. The maximum atomic E-state index is 3.49. The molecule has 0 aromatic rings. The van der Waals surface area contributed by atoms with E-state index in [1.54, 1.807) is 0 Å². The third-order valence-electron chi connectivity index (χ3n) is 2.08. The third kappa shape index (κ3) is 12.2. The summed E-state index contributed by atoms with van der Waals surface area (Å²) in [5.74, 6) is 0.789. The maximum Gasteiger partial charge on any atom is 0.0442 e. The lowest BCUT2D eigenvalue weighted by Gasteiger charge is -2.15. The van der Waals surface area contributed by atoms with Crippen molar-refractivity contribution in [2.24, 2.45) is 5.92 Å². The molecule has 0 aliphatic heterocycles. The minimum absolute atomic E-state index is 0.767. The predicted molar refractivity (Wildman–Crippen MR) is 65.1 cm³/mol. The van der Waals surface area contributed by atoms with Gasteiger partial charge in [-0.25, -0.2) is 0 Å². The molecule has 0 aromatic heterocycles. The normalized spacial score (nSPS) is 12.5. The predicted octanol–water partition coefficient (Wildman–Crippen LogP) is 3.35. The molecule has 0 amide bonds. The van der Waals surface area contributed by atoms with E-state index < -0.39 is 8.07 Å². The van der Waals surface area contributed by atoms with Gasteiger partial charge in [0.15, 0.2) is 0 Å². The lowest BCUT2D eigenvalue weighted by Crippen LogP contribution is -2.22. The molecule has 13 heavy (non-hydrogen) atoms. The topological polar surface area (TPSA) is 12.0 Å². The van der Waals surface area contributed by atoms with Gasteiger partial charge in [0, 0.05) is 8.07 Å². The lowest BCUT2D eigenvalue weighted by atomic mass is 10.2. The van der Waals surface area contributed by atoms with E-state index in [2.05, 4.69) is 38.8 Å². The van der Waals surface area contributed by atoms with Gasteiger partial charge in [0.25, 0.3) is 0 Å². The van der Waals surface area contributed by atoms with Gasteiger partial charge < -0.3 is 5.32 Å². The molecule has 0 aliphatic carbocycles. The minimum Gasteiger partial charge on any atom is -0.316 e. The van der Waals surface area contributed by atoms with E-state index >= 15 is 0 Å². The summed E-state index contributed by atoms with van der Waals surface area (Å²) < 4.78 is 0. The summed E-state index contributed by atoms with van der Waals surface area (Å²) in [4.78, 5) is 0. The molecule has 0 saturated heterocycles. The highest BCUT2D eigenvalue weighted by Crippen LogP contribution is 2.11. The van der Waals surface area contributed by atoms with Gasteiger partial charge in [-0.2, -0.15) is 0 Å². The van der Waals surface area contributed by atoms with Crippen LogP contribution in [0.1, 0.15) is 26.7 Å². The van der Waals surface area contributed by atoms with Crippen molar-refractivity contribution in [3.8, 4) is 0 Å². The van der Waals surface area contributed by atoms with Crippen LogP contribution in [0.4, 0.5) is 0 Å². The number of hydrogen-bond donors (Lipinski definition) is 1. The van der Waals surface area contributed by atoms with Crippen molar-refractivity contribution < 1.29 is 0 Å². The second kappa shape index (κ2) is 6.60. The highest BCUT2D eigenvalue weighted by molar-refractivity contribution is 6.76. The Hall–Kier alpha value is 0.177. The van der Waals surface area contributed by atoms with Crippen LogP contribution < -0.4 is 5.32 Å². The van der Waals surface area contributed by atoms with Crippen molar-refractivity contribution in [2.45, 2.75) is 52.4 Å². The van der Waals surface area contributed by atoms with E-state index in [-0.39, 0.29) is 0 Å². The Kier molecular flexibility index (Phi) is 6.69. The zero-order chi connectivity index (χ0) is 10.3. The smallest absolute Gasteiger partial charge is 0.0442 e. The molecule has 0 fully saturated rings. The largest absolute Gasteiger partial charge is 0.316 e. The summed E-state index contributed by atoms with van der Waals surface area (Å²) in [6, 6.07) is 1.48. The molecular formula is C11H27NSi. The van der Waals surface area contributed by atoms with Crippen molar-refractivity contribution >= 4 is 8.07 Å². The molecule has 80 valence electrons. The summed E-state index contributed by atoms with van der Waals surface area (Å²) in [5.41, 5.74) is 0. The molecule has 0 radical (unpaired) electrons. The second-order valence-corrected chi connectivity index (χ2v) is 11.2. The van der Waals surface area contributed by atoms with Crippen LogP contribution in [0.5, 0.6) is 0 Å². The Labute approximate surface area is 85.3 Å². The van der Waals surface area contributed by atoms with E-state index in [9.17, 15) is 0 Å². The van der Waals surface area contributed by atoms with Crippen LogP contribution in [0.3, 0.4) is 0 Å². The molecule has 0 bridgehead atoms. The van der Waals surface area contributed by atoms with E-state index in [1.165, 1.54) is 32.0 Å². The summed E-state index contributed by atoms with van der Waals surface area (Å²) in [7, 11) is -0.767. The van der Waals surface area contributed by atoms with Crippen LogP contribution in [-0.4, -0.2) is 21.2 Å². The highest BCUT2D eigenvalue weighted by atomic mass is 28.3. The number of hydrogen-bond acceptors (Lipinski definition) is 1. The van der Waals surface area contributed by atoms with Gasteiger partial charge in [0.2, 0.25) is 0 Å². The Morgan fingerprint density at radius 2 is 1.69 bits per heavy atom. The monoisotopic (exact) mass is 201 g/mol. The molecule has 0 saturated carbocycles. The first-order chi connectivity index (χ1) is 5.92. The first-order valence-corrected chi connectivity index (χ1v) is 9.33. The van der Waals surface area contributed by atoms with Crippen LogP contribution in [0, 0.1) is 5.92 Å². The Morgan fingerprint density at radius 1 is 1.08 bits per heavy atom. The number of nitrogens with one attached hydrogen (secondary N) is 1. The first kappa shape index (κ1) is 13.2. The average molecular weight is 201 g/mol. The van der Waals surface area contributed by atoms with Gasteiger partial charge in [0.05, 0.1) is 0 Å². The van der Waals surface area contributed by atoms with Gasteiger partial charge in [-0.3, -0.25) is 0 Å². The van der Waals surface area contributed by atoms with Crippen LogP contribution >= 0.6 is 0 Å². The van der Waals surface area contributed by atoms with E-state index in [1.807, 2.05) is 0 Å². The summed E-state index contributed by atoms with van der Waals surface area (Å²) in [6.45, 7) is 14.3. The van der Waals surface area contributed by atoms with Crippen molar-refractivity contribution in [1.29, 1.82) is 0 Å². The fourth-order valence-corrected chi connectivity index (χ4v) is 2.61. The summed E-state index contributed by atoms with van der Waals surface area (Å²) in [5, 5.41) is 3.49. The van der Waals surface area contributed by atoms with E-state index in [0.717, 1.165) is 5.92 Å². The molecule has 0 atom stereocenters. The van der Waals surface area contributed by atoms with Crippen LogP contribution in [-0.2, 0) is 0 Å². The van der Waals surface area contributed by atoms with Gasteiger partial charge in [-0.1, -0.05) is 46.0 Å². The van der Waals surface area contributed by atoms with E-state index in [4.69, 9.17) is 0 Å². The third-order valence-corrected chi connectivity index (χ3v) is 3.94. The van der Waals surface area contributed by atoms with Crippen molar-refractivity contribution in [2.75, 3.05) is 13.1 Å². The Bertz CT molecular complexity index is 116. The highest BCUT2D eigenvalue weighted by Gasteiger charge is 2.11. The Morgan fingerprint density at radius 3 is 2.15 bits per heavy atom. The Balaban J connectivity index is 3.09. The van der Waals surface area contributed by atoms with Crippen molar-refractivity contribution in [1.82, 2.24) is 5.32 Å². The summed E-state index contributed by atoms with van der Waals surface area (Å²) in [6.07, 6.45) is 2.78. The molecule has 2 heteroatoms. The molecule has 0 aromatic carbocycles. The van der Waals surface area contributed by atoms with Crippen LogP contribution in [0.2, 0.25) is 25.7 Å². The minimum atomic E-state index is -0.767. The zero-order valence-corrected chi connectivity index (χ0v) is 11.1. The molecule has 0 spiro atoms. The standard InChI is InChI=1S/C11H27NSi/c1-11(2)10-12-8-6-7-9-13(3,4)5/h11-12H,6-10H2,1-5H3. The molecule has 0 rings (SSSR count). The lowest BCUT2D eigenvalue weighted by molar-refractivity contribution is 0.540. The van der Waals surface area contributed by atoms with Crippen LogP contribution in [0.25, 0.3) is 0 Å². The first-order valence-electron chi connectivity index (χ1n) is 5.62. The summed E-state index contributed by atoms with van der Waals surface area (Å²) >= 11 is 0. The number of unbranched alkanes of at least 4 members (excludes halogenated alkanes) is 1. The van der Waals surface area contributed by atoms with Gasteiger partial charge >= 0.3 is 0 Å². The number of rotatable bonds is 7.